The summed E-state index contributed by atoms with van der Waals surface area (Å²) in [4.78, 5) is 40.1. The van der Waals surface area contributed by atoms with Crippen LogP contribution in [0, 0.1) is 17.2 Å². The highest BCUT2D eigenvalue weighted by molar-refractivity contribution is 7.52. The Bertz CT molecular complexity index is 1940. The maximum absolute atomic E-state index is 14.5. The molecule has 304 valence electrons. The molecule has 5 rings (SSSR count). The van der Waals surface area contributed by atoms with Gasteiger partial charge in [0.2, 0.25) is 5.60 Å². The molecule has 0 unspecified atom stereocenters. The first-order chi connectivity index (χ1) is 26.6. The zero-order valence-electron chi connectivity index (χ0n) is 31.0. The molecule has 6 atom stereocenters. The number of benzene rings is 1. The predicted octanol–water partition coefficient (Wildman–Crippen LogP) is 4.89. The number of aromatic nitrogens is 2. The number of anilines is 1. The fourth-order valence-corrected chi connectivity index (χ4v) is 7.86. The van der Waals surface area contributed by atoms with Crippen LogP contribution in [0.1, 0.15) is 58.3 Å². The first-order valence-electron chi connectivity index (χ1n) is 18.0. The first-order valence-corrected chi connectivity index (χ1v) is 19.6. The van der Waals surface area contributed by atoms with E-state index in [1.165, 1.54) is 41.6 Å². The van der Waals surface area contributed by atoms with Crippen molar-refractivity contribution in [2.45, 2.75) is 82.6 Å². The third kappa shape index (κ3) is 10.4. The van der Waals surface area contributed by atoms with Crippen LogP contribution in [-0.4, -0.2) is 95.3 Å². The zero-order chi connectivity index (χ0) is 40.7. The molecule has 0 radical (unpaired) electrons. The van der Waals surface area contributed by atoms with Crippen molar-refractivity contribution < 1.29 is 60.1 Å². The van der Waals surface area contributed by atoms with Gasteiger partial charge in [0.15, 0.2) is 12.2 Å². The Kier molecular flexibility index (Phi) is 13.7. The molecule has 0 bridgehead atoms. The van der Waals surface area contributed by atoms with E-state index in [1.807, 2.05) is 6.07 Å². The van der Waals surface area contributed by atoms with Gasteiger partial charge in [0.1, 0.15) is 30.6 Å². The number of alkyl halides is 3. The Morgan fingerprint density at radius 2 is 1.77 bits per heavy atom. The zero-order valence-corrected chi connectivity index (χ0v) is 31.9. The number of carbonyl (C=O) groups excluding carboxylic acids is 3. The normalized spacial score (nSPS) is 23.5. The summed E-state index contributed by atoms with van der Waals surface area (Å²) >= 11 is 0. The number of carbonyl (C=O) groups is 3. The van der Waals surface area contributed by atoms with E-state index in [2.05, 4.69) is 10.2 Å². The van der Waals surface area contributed by atoms with Crippen molar-refractivity contribution in [1.82, 2.24) is 19.6 Å². The van der Waals surface area contributed by atoms with Gasteiger partial charge in [-0.05, 0) is 69.1 Å². The number of nitrogens with two attached hydrogens (primary N) is 1. The van der Waals surface area contributed by atoms with Crippen LogP contribution in [0.2, 0.25) is 0 Å². The number of fused-ring (bicyclic) bond motifs is 1. The number of piperidine rings is 1. The number of para-hydroxylation sites is 1. The lowest BCUT2D eigenvalue weighted by molar-refractivity contribution is -0.169. The quantitative estimate of drug-likeness (QED) is 0.112. The van der Waals surface area contributed by atoms with Crippen LogP contribution < -0.4 is 15.3 Å². The molecule has 56 heavy (non-hydrogen) atoms. The number of nitrogens with zero attached hydrogens (tertiary/aromatic N) is 4. The minimum atomic E-state index is -4.67. The molecule has 4 heterocycles. The van der Waals surface area contributed by atoms with E-state index in [-0.39, 0.29) is 49.9 Å². The van der Waals surface area contributed by atoms with E-state index in [4.69, 9.17) is 33.7 Å². The minimum absolute atomic E-state index is 0.0535. The van der Waals surface area contributed by atoms with E-state index in [1.54, 1.807) is 43.3 Å². The number of nitrogen functional groups attached to an aromatic ring is 1. The van der Waals surface area contributed by atoms with E-state index in [0.717, 1.165) is 0 Å². The molecule has 2 fully saturated rings. The number of hydrogen-bond donors (Lipinski definition) is 2. The minimum Gasteiger partial charge on any atom is -0.464 e. The monoisotopic (exact) mass is 808 g/mol. The van der Waals surface area contributed by atoms with E-state index in [0.29, 0.717) is 24.0 Å². The van der Waals surface area contributed by atoms with Gasteiger partial charge in [-0.3, -0.25) is 23.8 Å². The molecular weight excluding hydrogens is 764 g/mol. The number of hydrogen-bond acceptors (Lipinski definition) is 14. The van der Waals surface area contributed by atoms with Crippen LogP contribution in [0.4, 0.5) is 18.9 Å². The molecule has 1 aromatic carbocycles. The van der Waals surface area contributed by atoms with Crippen molar-refractivity contribution in [3.05, 3.63) is 60.4 Å². The van der Waals surface area contributed by atoms with E-state index in [9.17, 15) is 37.4 Å². The molecule has 2 saturated heterocycles. The summed E-state index contributed by atoms with van der Waals surface area (Å²) in [5.74, 6) is -2.48. The molecule has 2 aliphatic heterocycles. The molecule has 0 aliphatic carbocycles. The Labute approximate surface area is 320 Å². The average Bonchev–Trinajstić information content (AvgIpc) is 3.73. The highest BCUT2D eigenvalue weighted by Crippen LogP contribution is 2.50. The van der Waals surface area contributed by atoms with Crippen LogP contribution in [-0.2, 0) is 42.4 Å². The maximum Gasteiger partial charge on any atom is 0.459 e. The van der Waals surface area contributed by atoms with Crippen molar-refractivity contribution >= 4 is 36.9 Å². The van der Waals surface area contributed by atoms with Crippen LogP contribution in [0.25, 0.3) is 5.52 Å². The van der Waals surface area contributed by atoms with Crippen LogP contribution in [0.5, 0.6) is 5.75 Å². The molecule has 0 spiro atoms. The lowest BCUT2D eigenvalue weighted by Gasteiger charge is -2.32. The summed E-state index contributed by atoms with van der Waals surface area (Å²) in [5, 5.41) is 17.6. The molecule has 0 saturated carbocycles. The standard InChI is InChI=1S/C36H44F3N6O10P/c1-4-29(46)52-32-31(28-12-11-27-26(41)13-16-42-45(27)28)54-35(20-40,33(32)53-30(47)5-2)22-51-56(49,55-25-9-7-6-8-10-25)43-23(3)34(48)50-19-24-14-17-44(18-15-24)21-36(37,38)39/h6-13,16,23-24,31-33H,4-5,14-15,17-19,21-22,41H2,1-3H3,(H,43,49)/t23-,31-,32-,33-,35+,56-/m0/s1. The molecule has 2 aliphatic rings. The van der Waals surface area contributed by atoms with Gasteiger partial charge in [0, 0.05) is 19.0 Å². The smallest absolute Gasteiger partial charge is 0.459 e. The lowest BCUT2D eigenvalue weighted by atomic mass is 9.95. The topological polar surface area (TPSA) is 206 Å². The van der Waals surface area contributed by atoms with Crippen LogP contribution >= 0.6 is 7.75 Å². The van der Waals surface area contributed by atoms with Crippen molar-refractivity contribution in [3.8, 4) is 11.8 Å². The number of esters is 3. The summed E-state index contributed by atoms with van der Waals surface area (Å²) in [6.07, 6.45) is -6.70. The van der Waals surface area contributed by atoms with Crippen LogP contribution in [0.15, 0.2) is 54.7 Å². The second-order valence-corrected chi connectivity index (χ2v) is 15.1. The van der Waals surface area contributed by atoms with Gasteiger partial charge in [-0.1, -0.05) is 32.0 Å². The second kappa shape index (κ2) is 18.0. The summed E-state index contributed by atoms with van der Waals surface area (Å²) in [6.45, 7) is 2.77. The predicted molar refractivity (Wildman–Crippen MR) is 192 cm³/mol. The van der Waals surface area contributed by atoms with Crippen molar-refractivity contribution in [1.29, 1.82) is 5.26 Å². The number of rotatable bonds is 16. The number of likely N-dealkylation sites (tertiary alicyclic amines) is 1. The average molecular weight is 809 g/mol. The maximum atomic E-state index is 14.5. The van der Waals surface area contributed by atoms with Crippen molar-refractivity contribution in [2.75, 3.05) is 38.6 Å². The van der Waals surface area contributed by atoms with Gasteiger partial charge in [-0.2, -0.15) is 28.6 Å². The van der Waals surface area contributed by atoms with Gasteiger partial charge >= 0.3 is 31.8 Å². The highest BCUT2D eigenvalue weighted by atomic mass is 31.2. The molecule has 20 heteroatoms. The van der Waals surface area contributed by atoms with E-state index >= 15 is 0 Å². The Balaban J connectivity index is 1.39. The number of nitriles is 1. The van der Waals surface area contributed by atoms with Crippen molar-refractivity contribution in [3.63, 3.8) is 0 Å². The van der Waals surface area contributed by atoms with Gasteiger partial charge < -0.3 is 29.2 Å². The summed E-state index contributed by atoms with van der Waals surface area (Å²) in [6, 6.07) is 13.2. The SMILES string of the molecule is CCC(=O)O[C@H]1[C@H](c2ccc3c(N)ccnn23)O[C@](C#N)(CO[P@@](=O)(N[C@@H](C)C(=O)OCC2CCN(CC(F)(F)F)CC2)Oc2ccccc2)[C@H]1OC(=O)CC. The van der Waals surface area contributed by atoms with Crippen LogP contribution in [0.3, 0.4) is 0 Å². The molecule has 3 aromatic rings. The van der Waals surface area contributed by atoms with Gasteiger partial charge in [-0.15, -0.1) is 0 Å². The fourth-order valence-electron chi connectivity index (χ4n) is 6.34. The van der Waals surface area contributed by atoms with Gasteiger partial charge in [0.05, 0.1) is 30.0 Å². The summed E-state index contributed by atoms with van der Waals surface area (Å²) < 4.78 is 89.3. The third-order valence-corrected chi connectivity index (χ3v) is 10.9. The molecule has 0 amide bonds. The molecule has 3 N–H and O–H groups in total. The summed E-state index contributed by atoms with van der Waals surface area (Å²) in [5.41, 5.74) is 4.96. The van der Waals surface area contributed by atoms with Gasteiger partial charge in [-0.25, -0.2) is 9.08 Å². The number of halogens is 3. The molecule has 16 nitrogen and oxygen atoms in total. The third-order valence-electron chi connectivity index (χ3n) is 9.29. The first kappa shape index (κ1) is 42.4. The number of ether oxygens (including phenoxy) is 4. The largest absolute Gasteiger partial charge is 0.464 e. The van der Waals surface area contributed by atoms with E-state index < -0.39 is 74.9 Å². The Hall–Kier alpha value is -4.73. The van der Waals surface area contributed by atoms with Gasteiger partial charge in [0.25, 0.3) is 0 Å². The highest BCUT2D eigenvalue weighted by Gasteiger charge is 2.62. The molecule has 2 aromatic heterocycles. The fraction of sp³-hybridized carbons (Fsp3) is 0.528. The number of nitrogens with one attached hydrogen (secondary N) is 1. The second-order valence-electron chi connectivity index (χ2n) is 13.4. The molecular formula is C36H44F3N6O10P. The summed E-state index contributed by atoms with van der Waals surface area (Å²) in [7, 11) is -4.67. The lowest BCUT2D eigenvalue weighted by Crippen LogP contribution is -2.49. The Morgan fingerprint density at radius 1 is 1.09 bits per heavy atom. The Morgan fingerprint density at radius 3 is 2.41 bits per heavy atom. The van der Waals surface area contributed by atoms with Crippen molar-refractivity contribution in [2.24, 2.45) is 5.92 Å².